The molecule has 0 spiro atoms. The van der Waals surface area contributed by atoms with Crippen LogP contribution in [-0.4, -0.2) is 34.8 Å². The molecule has 0 aliphatic heterocycles. The van der Waals surface area contributed by atoms with Gasteiger partial charge in [0.25, 0.3) is 0 Å². The summed E-state index contributed by atoms with van der Waals surface area (Å²) in [4.78, 5) is 0. The predicted octanol–water partition coefficient (Wildman–Crippen LogP) is -3.01. The van der Waals surface area contributed by atoms with Gasteiger partial charge >= 0.3 is 23.1 Å². The van der Waals surface area contributed by atoms with Crippen LogP contribution in [0.3, 0.4) is 0 Å². The summed E-state index contributed by atoms with van der Waals surface area (Å²) in [5.74, 6) is 0. The van der Waals surface area contributed by atoms with Crippen molar-refractivity contribution in [1.29, 1.82) is 0 Å². The van der Waals surface area contributed by atoms with Crippen LogP contribution >= 0.6 is 0 Å². The number of halogens is 1. The van der Waals surface area contributed by atoms with Crippen molar-refractivity contribution in [3.8, 4) is 0 Å². The van der Waals surface area contributed by atoms with Crippen molar-refractivity contribution in [2.75, 3.05) is 6.61 Å². The smallest absolute Gasteiger partial charge is 1.00 e. The first-order chi connectivity index (χ1) is 2.27. The minimum atomic E-state index is 0. The normalized spacial score (nSPS) is 5.29. The van der Waals surface area contributed by atoms with E-state index in [2.05, 4.69) is 13.5 Å². The average Bonchev–Trinajstić information content (AvgIpc) is 1.38. The Morgan fingerprint density at radius 3 is 1.86 bits per heavy atom. The van der Waals surface area contributed by atoms with Crippen LogP contribution in [-0.2, 0) is 0 Å². The fourth-order valence-corrected chi connectivity index (χ4v) is 0. The maximum Gasteiger partial charge on any atom is 2.00 e. The molecular formula is C4H7BrMgO. The van der Waals surface area contributed by atoms with E-state index in [-0.39, 0.29) is 46.6 Å². The molecule has 3 heteroatoms. The van der Waals surface area contributed by atoms with E-state index in [0.29, 0.717) is 5.57 Å². The Morgan fingerprint density at radius 2 is 1.86 bits per heavy atom. The Labute approximate surface area is 70.7 Å². The monoisotopic (exact) mass is 174 g/mol. The Bertz CT molecular complexity index is 47.0. The summed E-state index contributed by atoms with van der Waals surface area (Å²) < 4.78 is 0. The molecule has 0 bridgehead atoms. The third-order valence-corrected chi connectivity index (χ3v) is 0.224. The standard InChI is InChI=1S/C4H7O.BrH.Mg/c1-4(2)3-5;;/h5H,1-3H2;1H;/q-1;;+2/p-1. The first-order valence-corrected chi connectivity index (χ1v) is 1.38. The van der Waals surface area contributed by atoms with Gasteiger partial charge in [-0.2, -0.15) is 5.57 Å². The molecule has 0 aromatic carbocycles. The third kappa shape index (κ3) is 19.9. The summed E-state index contributed by atoms with van der Waals surface area (Å²) in [6.07, 6.45) is 0. The van der Waals surface area contributed by atoms with Gasteiger partial charge in [-0.3, -0.25) is 0 Å². The second kappa shape index (κ2) is 9.94. The molecule has 0 aliphatic rings. The molecular weight excluding hydrogens is 168 g/mol. The van der Waals surface area contributed by atoms with Crippen molar-refractivity contribution in [3.05, 3.63) is 19.1 Å². The number of rotatable bonds is 1. The molecule has 0 atom stereocenters. The quantitative estimate of drug-likeness (QED) is 0.332. The summed E-state index contributed by atoms with van der Waals surface area (Å²) in [7, 11) is 0. The SMILES string of the molecule is C=C([CH2-])CO.[Br-].[Mg+2]. The fourth-order valence-electron chi connectivity index (χ4n) is 0. The second-order valence-corrected chi connectivity index (χ2v) is 0.908. The molecule has 0 aromatic rings. The van der Waals surface area contributed by atoms with Gasteiger partial charge in [-0.1, -0.05) is 0 Å². The van der Waals surface area contributed by atoms with Gasteiger partial charge in [0.1, 0.15) is 0 Å². The van der Waals surface area contributed by atoms with Crippen LogP contribution in [0.5, 0.6) is 0 Å². The van der Waals surface area contributed by atoms with E-state index in [9.17, 15) is 0 Å². The third-order valence-electron chi connectivity index (χ3n) is 0.224. The van der Waals surface area contributed by atoms with Gasteiger partial charge in [0.15, 0.2) is 0 Å². The van der Waals surface area contributed by atoms with Crippen molar-refractivity contribution in [2.45, 2.75) is 0 Å². The second-order valence-electron chi connectivity index (χ2n) is 0.908. The van der Waals surface area contributed by atoms with Crippen LogP contribution < -0.4 is 17.0 Å². The van der Waals surface area contributed by atoms with E-state index >= 15 is 0 Å². The molecule has 0 unspecified atom stereocenters. The first kappa shape index (κ1) is 15.7. The maximum absolute atomic E-state index is 7.98. The molecule has 0 amide bonds. The molecule has 0 aromatic heterocycles. The molecule has 7 heavy (non-hydrogen) atoms. The topological polar surface area (TPSA) is 20.2 Å². The number of hydrogen-bond donors (Lipinski definition) is 1. The van der Waals surface area contributed by atoms with Crippen LogP contribution in [0.15, 0.2) is 12.2 Å². The van der Waals surface area contributed by atoms with Crippen LogP contribution in [0.2, 0.25) is 0 Å². The molecule has 0 saturated heterocycles. The molecule has 0 rings (SSSR count). The Hall–Kier alpha value is 0.816. The van der Waals surface area contributed by atoms with Crippen molar-refractivity contribution < 1.29 is 22.1 Å². The number of aliphatic hydroxyl groups is 1. The van der Waals surface area contributed by atoms with Crippen molar-refractivity contribution in [3.63, 3.8) is 0 Å². The molecule has 0 radical (unpaired) electrons. The van der Waals surface area contributed by atoms with Crippen molar-refractivity contribution in [1.82, 2.24) is 0 Å². The Kier molecular flexibility index (Phi) is 22.2. The van der Waals surface area contributed by atoms with Crippen molar-refractivity contribution >= 4 is 23.1 Å². The minimum absolute atomic E-state index is 0. The van der Waals surface area contributed by atoms with Gasteiger partial charge in [0, 0.05) is 6.61 Å². The van der Waals surface area contributed by atoms with Crippen LogP contribution in [0.4, 0.5) is 0 Å². The molecule has 0 fully saturated rings. The van der Waals surface area contributed by atoms with E-state index in [1.54, 1.807) is 0 Å². The van der Waals surface area contributed by atoms with Gasteiger partial charge in [0.05, 0.1) is 0 Å². The fraction of sp³-hybridized carbons (Fsp3) is 0.250. The predicted molar refractivity (Wildman–Crippen MR) is 27.3 cm³/mol. The molecule has 1 nitrogen and oxygen atoms in total. The van der Waals surface area contributed by atoms with Gasteiger partial charge < -0.3 is 22.1 Å². The summed E-state index contributed by atoms with van der Waals surface area (Å²) in [6.45, 7) is 6.62. The first-order valence-electron chi connectivity index (χ1n) is 1.38. The maximum atomic E-state index is 7.98. The van der Waals surface area contributed by atoms with Gasteiger partial charge in [0.2, 0.25) is 0 Å². The minimum Gasteiger partial charge on any atom is -1.00 e. The number of hydrogen-bond acceptors (Lipinski definition) is 1. The molecule has 0 saturated carbocycles. The van der Waals surface area contributed by atoms with E-state index in [1.165, 1.54) is 0 Å². The summed E-state index contributed by atoms with van der Waals surface area (Å²) in [5.41, 5.74) is 0.560. The van der Waals surface area contributed by atoms with Crippen LogP contribution in [0.25, 0.3) is 0 Å². The summed E-state index contributed by atoms with van der Waals surface area (Å²) in [5, 5.41) is 7.98. The Balaban J connectivity index is -0.0000000800. The molecule has 0 heterocycles. The zero-order chi connectivity index (χ0) is 4.28. The Morgan fingerprint density at radius 1 is 1.71 bits per heavy atom. The summed E-state index contributed by atoms with van der Waals surface area (Å²) >= 11 is 0. The largest absolute Gasteiger partial charge is 2.00 e. The molecule has 0 aliphatic carbocycles. The number of aliphatic hydroxyl groups excluding tert-OH is 1. The van der Waals surface area contributed by atoms with Crippen molar-refractivity contribution in [2.24, 2.45) is 0 Å². The van der Waals surface area contributed by atoms with E-state index in [1.807, 2.05) is 0 Å². The zero-order valence-corrected chi connectivity index (χ0v) is 7.15. The van der Waals surface area contributed by atoms with E-state index < -0.39 is 0 Å². The van der Waals surface area contributed by atoms with Crippen LogP contribution in [0.1, 0.15) is 0 Å². The summed E-state index contributed by atoms with van der Waals surface area (Å²) in [6, 6.07) is 0. The van der Waals surface area contributed by atoms with Gasteiger partial charge in [-0.05, 0) is 0 Å². The van der Waals surface area contributed by atoms with E-state index in [4.69, 9.17) is 5.11 Å². The zero-order valence-electron chi connectivity index (χ0n) is 4.15. The molecule has 38 valence electrons. The van der Waals surface area contributed by atoms with E-state index in [0.717, 1.165) is 0 Å². The van der Waals surface area contributed by atoms with Gasteiger partial charge in [-0.25, -0.2) is 13.5 Å². The van der Waals surface area contributed by atoms with Gasteiger partial charge in [-0.15, -0.1) is 0 Å². The molecule has 1 N–H and O–H groups in total. The van der Waals surface area contributed by atoms with Crippen LogP contribution in [0, 0.1) is 6.92 Å². The average molecular weight is 175 g/mol.